The van der Waals surface area contributed by atoms with Gasteiger partial charge in [0.1, 0.15) is 5.75 Å². The lowest BCUT2D eigenvalue weighted by molar-refractivity contribution is 0.187. The van der Waals surface area contributed by atoms with E-state index in [1.165, 1.54) is 5.56 Å². The van der Waals surface area contributed by atoms with Gasteiger partial charge in [0.15, 0.2) is 5.96 Å². The van der Waals surface area contributed by atoms with Crippen LogP contribution in [-0.2, 0) is 0 Å². The normalized spacial score (nSPS) is 20.6. The van der Waals surface area contributed by atoms with Crippen molar-refractivity contribution in [2.24, 2.45) is 10.9 Å². The number of imidazole rings is 1. The fraction of sp³-hybridized carbons (Fsp3) is 0.545. The predicted molar refractivity (Wildman–Crippen MR) is 133 cm³/mol. The molecule has 1 saturated heterocycles. The molecule has 0 spiro atoms. The highest BCUT2D eigenvalue weighted by Gasteiger charge is 2.29. The van der Waals surface area contributed by atoms with Crippen LogP contribution in [0.2, 0.25) is 0 Å². The molecular formula is C22H35IN6O. The van der Waals surface area contributed by atoms with Crippen LogP contribution < -0.4 is 10.1 Å². The highest BCUT2D eigenvalue weighted by atomic mass is 127. The van der Waals surface area contributed by atoms with Gasteiger partial charge in [-0.05, 0) is 32.5 Å². The summed E-state index contributed by atoms with van der Waals surface area (Å²) >= 11 is 0. The molecule has 1 fully saturated rings. The van der Waals surface area contributed by atoms with Crippen molar-refractivity contribution in [2.45, 2.75) is 25.4 Å². The van der Waals surface area contributed by atoms with E-state index in [1.54, 1.807) is 7.11 Å². The van der Waals surface area contributed by atoms with Crippen molar-refractivity contribution in [3.63, 3.8) is 0 Å². The minimum atomic E-state index is 0. The zero-order valence-electron chi connectivity index (χ0n) is 18.7. The first-order chi connectivity index (χ1) is 14.0. The molecule has 3 unspecified atom stereocenters. The number of aromatic nitrogens is 2. The molecule has 1 aliphatic heterocycles. The number of aliphatic imine (C=N–C) groups is 1. The summed E-state index contributed by atoms with van der Waals surface area (Å²) in [4.78, 5) is 13.4. The Hall–Kier alpha value is -1.81. The van der Waals surface area contributed by atoms with E-state index in [0.717, 1.165) is 37.8 Å². The van der Waals surface area contributed by atoms with E-state index in [9.17, 15) is 0 Å². The van der Waals surface area contributed by atoms with E-state index in [2.05, 4.69) is 69.0 Å². The maximum absolute atomic E-state index is 5.59. The predicted octanol–water partition coefficient (Wildman–Crippen LogP) is 3.27. The van der Waals surface area contributed by atoms with Gasteiger partial charge in [0.05, 0.1) is 25.5 Å². The van der Waals surface area contributed by atoms with Gasteiger partial charge in [-0.25, -0.2) is 4.98 Å². The van der Waals surface area contributed by atoms with Gasteiger partial charge in [-0.2, -0.15) is 0 Å². The number of halogens is 1. The number of benzene rings is 1. The molecular weight excluding hydrogens is 491 g/mol. The summed E-state index contributed by atoms with van der Waals surface area (Å²) in [6, 6.07) is 8.80. The van der Waals surface area contributed by atoms with Crippen LogP contribution >= 0.6 is 24.0 Å². The Balaban J connectivity index is 0.00000320. The number of guanidine groups is 1. The van der Waals surface area contributed by atoms with Gasteiger partial charge in [-0.3, -0.25) is 4.99 Å². The molecule has 30 heavy (non-hydrogen) atoms. The molecule has 1 aromatic heterocycles. The number of para-hydroxylation sites is 1. The van der Waals surface area contributed by atoms with Gasteiger partial charge >= 0.3 is 0 Å². The Kier molecular flexibility index (Phi) is 9.41. The number of piperidine rings is 1. The zero-order chi connectivity index (χ0) is 20.8. The van der Waals surface area contributed by atoms with Crippen molar-refractivity contribution < 1.29 is 4.74 Å². The maximum Gasteiger partial charge on any atom is 0.193 e. The van der Waals surface area contributed by atoms with Crippen molar-refractivity contribution in [3.05, 3.63) is 48.5 Å². The van der Waals surface area contributed by atoms with Gasteiger partial charge in [0.2, 0.25) is 0 Å². The number of likely N-dealkylation sites (tertiary alicyclic amines) is 1. The van der Waals surface area contributed by atoms with Crippen LogP contribution in [0.1, 0.15) is 31.0 Å². The summed E-state index contributed by atoms with van der Waals surface area (Å²) in [5.41, 5.74) is 1.17. The number of nitrogens with zero attached hydrogens (tertiary/aromatic N) is 5. The summed E-state index contributed by atoms with van der Waals surface area (Å²) < 4.78 is 7.81. The van der Waals surface area contributed by atoms with Gasteiger partial charge < -0.3 is 24.4 Å². The highest BCUT2D eigenvalue weighted by Crippen LogP contribution is 2.29. The van der Waals surface area contributed by atoms with Crippen LogP contribution in [0, 0.1) is 5.92 Å². The first kappa shape index (κ1) is 24.5. The fourth-order valence-electron chi connectivity index (χ4n) is 4.13. The quantitative estimate of drug-likeness (QED) is 0.356. The van der Waals surface area contributed by atoms with E-state index in [4.69, 9.17) is 4.74 Å². The Morgan fingerprint density at radius 2 is 2.13 bits per heavy atom. The van der Waals surface area contributed by atoms with Gasteiger partial charge in [0.25, 0.3) is 0 Å². The summed E-state index contributed by atoms with van der Waals surface area (Å²) in [6.07, 6.45) is 6.97. The Morgan fingerprint density at radius 1 is 1.37 bits per heavy atom. The molecule has 166 valence electrons. The number of ether oxygens (including phenoxy) is 1. The first-order valence-corrected chi connectivity index (χ1v) is 10.3. The summed E-state index contributed by atoms with van der Waals surface area (Å²) in [7, 11) is 7.78. The van der Waals surface area contributed by atoms with Crippen LogP contribution in [0.3, 0.4) is 0 Å². The highest BCUT2D eigenvalue weighted by molar-refractivity contribution is 14.0. The zero-order valence-corrected chi connectivity index (χ0v) is 21.0. The average molecular weight is 526 g/mol. The third-order valence-corrected chi connectivity index (χ3v) is 5.91. The standard InChI is InChI=1S/C22H34N6O.HI/c1-17-10-12-27(15-20(17)28-13-11-24-16-28)22(23-2)25-14-19(26(3)4)18-8-6-7-9-21(18)29-5;/h6-9,11,13,16-17,19-20H,10,12,14-15H2,1-5H3,(H,23,25);1H. The number of likely N-dealkylation sites (N-methyl/N-ethyl adjacent to an activating group) is 1. The van der Waals surface area contributed by atoms with E-state index >= 15 is 0 Å². The number of nitrogens with one attached hydrogen (secondary N) is 1. The molecule has 1 aliphatic rings. The van der Waals surface area contributed by atoms with E-state index in [0.29, 0.717) is 12.0 Å². The third-order valence-electron chi connectivity index (χ3n) is 5.91. The van der Waals surface area contributed by atoms with Crippen molar-refractivity contribution >= 4 is 29.9 Å². The monoisotopic (exact) mass is 526 g/mol. The second kappa shape index (κ2) is 11.5. The molecule has 0 bridgehead atoms. The molecule has 7 nitrogen and oxygen atoms in total. The molecule has 0 saturated carbocycles. The number of rotatable bonds is 6. The smallest absolute Gasteiger partial charge is 0.193 e. The molecule has 2 aromatic rings. The summed E-state index contributed by atoms with van der Waals surface area (Å²) in [6.45, 7) is 5.01. The molecule has 1 aromatic carbocycles. The lowest BCUT2D eigenvalue weighted by Gasteiger charge is -2.39. The maximum atomic E-state index is 5.59. The van der Waals surface area contributed by atoms with Crippen molar-refractivity contribution in [3.8, 4) is 5.75 Å². The molecule has 0 aliphatic carbocycles. The van der Waals surface area contributed by atoms with Gasteiger partial charge in [0, 0.05) is 44.6 Å². The molecule has 3 rings (SSSR count). The molecule has 0 amide bonds. The van der Waals surface area contributed by atoms with E-state index in [1.807, 2.05) is 31.7 Å². The van der Waals surface area contributed by atoms with Crippen molar-refractivity contribution in [2.75, 3.05) is 47.9 Å². The number of methoxy groups -OCH3 is 1. The second-order valence-corrected chi connectivity index (χ2v) is 7.94. The van der Waals surface area contributed by atoms with Gasteiger partial charge in [-0.15, -0.1) is 24.0 Å². The topological polar surface area (TPSA) is 57.9 Å². The lowest BCUT2D eigenvalue weighted by atomic mass is 9.93. The van der Waals surface area contributed by atoms with E-state index in [-0.39, 0.29) is 30.0 Å². The van der Waals surface area contributed by atoms with E-state index < -0.39 is 0 Å². The van der Waals surface area contributed by atoms with Crippen LogP contribution in [0.25, 0.3) is 0 Å². The fourth-order valence-corrected chi connectivity index (χ4v) is 4.13. The summed E-state index contributed by atoms with van der Waals surface area (Å²) in [5.74, 6) is 2.47. The molecule has 8 heteroatoms. The molecule has 2 heterocycles. The Bertz CT molecular complexity index is 795. The minimum absolute atomic E-state index is 0. The molecule has 1 N–H and O–H groups in total. The number of hydrogen-bond donors (Lipinski definition) is 1. The second-order valence-electron chi connectivity index (χ2n) is 7.94. The van der Waals surface area contributed by atoms with Crippen molar-refractivity contribution in [1.82, 2.24) is 24.7 Å². The first-order valence-electron chi connectivity index (χ1n) is 10.3. The summed E-state index contributed by atoms with van der Waals surface area (Å²) in [5, 5.41) is 3.60. The van der Waals surface area contributed by atoms with Gasteiger partial charge in [-0.1, -0.05) is 25.1 Å². The largest absolute Gasteiger partial charge is 0.496 e. The molecule has 0 radical (unpaired) electrons. The SMILES string of the molecule is CN=C(NCC(c1ccccc1OC)N(C)C)N1CCC(C)C(n2ccnc2)C1.I. The third kappa shape index (κ3) is 5.66. The van der Waals surface area contributed by atoms with Crippen LogP contribution in [0.4, 0.5) is 0 Å². The number of hydrogen-bond acceptors (Lipinski definition) is 4. The molecule has 3 atom stereocenters. The van der Waals surface area contributed by atoms with Crippen molar-refractivity contribution in [1.29, 1.82) is 0 Å². The average Bonchev–Trinajstić information content (AvgIpc) is 3.26. The Morgan fingerprint density at radius 3 is 2.77 bits per heavy atom. The Labute approximate surface area is 197 Å². The van der Waals surface area contributed by atoms with Crippen LogP contribution in [0.5, 0.6) is 5.75 Å². The lowest BCUT2D eigenvalue weighted by Crippen LogP contribution is -2.50. The van der Waals surface area contributed by atoms with Crippen LogP contribution in [-0.4, -0.2) is 73.2 Å². The van der Waals surface area contributed by atoms with Crippen LogP contribution in [0.15, 0.2) is 48.0 Å². The minimum Gasteiger partial charge on any atom is -0.496 e.